The average molecular weight is 203 g/mol. The number of carbonyl (C=O) groups is 1. The lowest BCUT2D eigenvalue weighted by molar-refractivity contribution is 0.0697. The summed E-state index contributed by atoms with van der Waals surface area (Å²) >= 11 is 1.59. The molecule has 0 atom stereocenters. The van der Waals surface area contributed by atoms with Gasteiger partial charge in [0.2, 0.25) is 0 Å². The molecule has 1 radical (unpaired) electrons. The van der Waals surface area contributed by atoms with Crippen molar-refractivity contribution in [2.75, 3.05) is 0 Å². The maximum atomic E-state index is 10.6. The van der Waals surface area contributed by atoms with Gasteiger partial charge >= 0.3 is 5.97 Å². The third-order valence-electron chi connectivity index (χ3n) is 1.86. The molecule has 0 saturated carbocycles. The first-order valence-electron chi connectivity index (χ1n) is 4.06. The highest BCUT2D eigenvalue weighted by Crippen LogP contribution is 2.23. The Labute approximate surface area is 85.4 Å². The van der Waals surface area contributed by atoms with Crippen LogP contribution in [0.25, 0.3) is 10.4 Å². The molecule has 0 spiro atoms. The van der Waals surface area contributed by atoms with Crippen LogP contribution >= 0.6 is 11.3 Å². The van der Waals surface area contributed by atoms with E-state index in [2.05, 4.69) is 6.07 Å². The van der Waals surface area contributed by atoms with Crippen molar-refractivity contribution in [1.82, 2.24) is 0 Å². The molecule has 0 aliphatic carbocycles. The SMILES string of the molecule is O=C(O)c1ccc(-c2[c]ccs2)cc1. The summed E-state index contributed by atoms with van der Waals surface area (Å²) in [5.74, 6) is -0.897. The molecular weight excluding hydrogens is 196 g/mol. The van der Waals surface area contributed by atoms with E-state index in [1.807, 2.05) is 11.4 Å². The van der Waals surface area contributed by atoms with Gasteiger partial charge in [0.1, 0.15) is 0 Å². The Morgan fingerprint density at radius 3 is 2.50 bits per heavy atom. The normalized spacial score (nSPS) is 10.0. The third kappa shape index (κ3) is 1.67. The zero-order valence-electron chi connectivity index (χ0n) is 7.23. The molecule has 0 fully saturated rings. The second-order valence-corrected chi connectivity index (χ2v) is 3.69. The predicted molar refractivity (Wildman–Crippen MR) is 55.6 cm³/mol. The molecule has 14 heavy (non-hydrogen) atoms. The minimum absolute atomic E-state index is 0.310. The Morgan fingerprint density at radius 1 is 1.29 bits per heavy atom. The van der Waals surface area contributed by atoms with E-state index in [1.165, 1.54) is 0 Å². The highest BCUT2D eigenvalue weighted by molar-refractivity contribution is 7.13. The Bertz CT molecular complexity index is 429. The Kier molecular flexibility index (Phi) is 2.33. The van der Waals surface area contributed by atoms with Crippen molar-refractivity contribution in [3.8, 4) is 10.4 Å². The van der Waals surface area contributed by atoms with Crippen LogP contribution in [-0.2, 0) is 0 Å². The minimum atomic E-state index is -0.897. The Balaban J connectivity index is 2.36. The minimum Gasteiger partial charge on any atom is -0.478 e. The fourth-order valence-corrected chi connectivity index (χ4v) is 1.84. The van der Waals surface area contributed by atoms with E-state index in [4.69, 9.17) is 5.11 Å². The van der Waals surface area contributed by atoms with E-state index in [0.29, 0.717) is 5.56 Å². The van der Waals surface area contributed by atoms with Gasteiger partial charge in [0.15, 0.2) is 0 Å². The maximum Gasteiger partial charge on any atom is 0.335 e. The van der Waals surface area contributed by atoms with Crippen LogP contribution in [0.4, 0.5) is 0 Å². The topological polar surface area (TPSA) is 37.3 Å². The molecule has 2 aromatic rings. The van der Waals surface area contributed by atoms with Crippen LogP contribution in [0.5, 0.6) is 0 Å². The summed E-state index contributed by atoms with van der Waals surface area (Å²) in [7, 11) is 0. The second kappa shape index (κ2) is 3.64. The molecule has 0 saturated heterocycles. The molecular formula is C11H7O2S. The first-order valence-corrected chi connectivity index (χ1v) is 4.94. The summed E-state index contributed by atoms with van der Waals surface area (Å²) in [5.41, 5.74) is 1.32. The lowest BCUT2D eigenvalue weighted by atomic mass is 10.1. The Hall–Kier alpha value is -1.61. The molecule has 69 valence electrons. The molecule has 2 rings (SSSR count). The smallest absolute Gasteiger partial charge is 0.335 e. The van der Waals surface area contributed by atoms with Gasteiger partial charge in [-0.3, -0.25) is 0 Å². The number of thiophene rings is 1. The van der Waals surface area contributed by atoms with Crippen molar-refractivity contribution in [2.24, 2.45) is 0 Å². The van der Waals surface area contributed by atoms with Crippen LogP contribution in [0, 0.1) is 6.07 Å². The fourth-order valence-electron chi connectivity index (χ4n) is 1.16. The van der Waals surface area contributed by atoms with Crippen LogP contribution in [0.1, 0.15) is 10.4 Å². The van der Waals surface area contributed by atoms with Gasteiger partial charge in [-0.25, -0.2) is 4.79 Å². The molecule has 1 N–H and O–H groups in total. The third-order valence-corrected chi connectivity index (χ3v) is 2.72. The monoisotopic (exact) mass is 203 g/mol. The molecule has 0 aliphatic rings. The number of aromatic carboxylic acids is 1. The van der Waals surface area contributed by atoms with E-state index >= 15 is 0 Å². The van der Waals surface area contributed by atoms with E-state index in [9.17, 15) is 4.79 Å². The molecule has 1 aromatic carbocycles. The van der Waals surface area contributed by atoms with Crippen molar-refractivity contribution in [3.05, 3.63) is 47.3 Å². The van der Waals surface area contributed by atoms with Crippen LogP contribution < -0.4 is 0 Å². The van der Waals surface area contributed by atoms with Crippen LogP contribution in [0.3, 0.4) is 0 Å². The van der Waals surface area contributed by atoms with Crippen molar-refractivity contribution in [3.63, 3.8) is 0 Å². The summed E-state index contributed by atoms with van der Waals surface area (Å²) in [4.78, 5) is 11.6. The summed E-state index contributed by atoms with van der Waals surface area (Å²) < 4.78 is 0. The number of rotatable bonds is 2. The number of benzene rings is 1. The van der Waals surface area contributed by atoms with Crippen molar-refractivity contribution in [1.29, 1.82) is 0 Å². The molecule has 0 aliphatic heterocycles. The van der Waals surface area contributed by atoms with Crippen LogP contribution in [0.2, 0.25) is 0 Å². The first kappa shape index (κ1) is 8.97. The maximum absolute atomic E-state index is 10.6. The zero-order chi connectivity index (χ0) is 9.97. The summed E-state index contributed by atoms with van der Waals surface area (Å²) in [6, 6.07) is 11.7. The van der Waals surface area contributed by atoms with Gasteiger partial charge in [-0.05, 0) is 29.1 Å². The van der Waals surface area contributed by atoms with Gasteiger partial charge in [-0.2, -0.15) is 0 Å². The number of hydrogen-bond acceptors (Lipinski definition) is 2. The highest BCUT2D eigenvalue weighted by atomic mass is 32.1. The average Bonchev–Trinajstić information content (AvgIpc) is 2.71. The molecule has 0 unspecified atom stereocenters. The molecule has 2 nitrogen and oxygen atoms in total. The largest absolute Gasteiger partial charge is 0.478 e. The van der Waals surface area contributed by atoms with Crippen LogP contribution in [0.15, 0.2) is 35.7 Å². The number of carboxylic acid groups (broad SMARTS) is 1. The number of hydrogen-bond donors (Lipinski definition) is 1. The zero-order valence-corrected chi connectivity index (χ0v) is 8.04. The molecule has 0 amide bonds. The predicted octanol–water partition coefficient (Wildman–Crippen LogP) is 2.91. The van der Waals surface area contributed by atoms with Gasteiger partial charge in [-0.1, -0.05) is 12.1 Å². The highest BCUT2D eigenvalue weighted by Gasteiger charge is 2.03. The molecule has 3 heteroatoms. The fraction of sp³-hybridized carbons (Fsp3) is 0. The van der Waals surface area contributed by atoms with Gasteiger partial charge in [0.25, 0.3) is 0 Å². The van der Waals surface area contributed by atoms with Crippen molar-refractivity contribution in [2.45, 2.75) is 0 Å². The summed E-state index contributed by atoms with van der Waals surface area (Å²) in [6.45, 7) is 0. The number of carboxylic acids is 1. The first-order chi connectivity index (χ1) is 6.77. The van der Waals surface area contributed by atoms with Gasteiger partial charge < -0.3 is 5.11 Å². The van der Waals surface area contributed by atoms with E-state index in [0.717, 1.165) is 10.4 Å². The lowest BCUT2D eigenvalue weighted by Crippen LogP contribution is -1.94. The van der Waals surface area contributed by atoms with Crippen LogP contribution in [-0.4, -0.2) is 11.1 Å². The quantitative estimate of drug-likeness (QED) is 0.814. The molecule has 0 bridgehead atoms. The molecule has 1 heterocycles. The summed E-state index contributed by atoms with van der Waals surface area (Å²) in [5, 5.41) is 10.6. The van der Waals surface area contributed by atoms with Gasteiger partial charge in [-0.15, -0.1) is 11.3 Å². The van der Waals surface area contributed by atoms with Gasteiger partial charge in [0.05, 0.1) is 5.56 Å². The van der Waals surface area contributed by atoms with E-state index in [1.54, 1.807) is 35.6 Å². The lowest BCUT2D eigenvalue weighted by Gasteiger charge is -1.97. The van der Waals surface area contributed by atoms with E-state index in [-0.39, 0.29) is 0 Å². The van der Waals surface area contributed by atoms with E-state index < -0.39 is 5.97 Å². The Morgan fingerprint density at radius 2 is 2.00 bits per heavy atom. The molecule has 1 aromatic heterocycles. The standard InChI is InChI=1S/C11H7O2S/c12-11(13)9-5-3-8(4-6-9)10-2-1-7-14-10/h1,3-7H,(H,12,13). The van der Waals surface area contributed by atoms with Crippen molar-refractivity contribution < 1.29 is 9.90 Å². The summed E-state index contributed by atoms with van der Waals surface area (Å²) in [6.07, 6.45) is 0. The van der Waals surface area contributed by atoms with Gasteiger partial charge in [0, 0.05) is 10.9 Å². The van der Waals surface area contributed by atoms with Crippen molar-refractivity contribution >= 4 is 17.3 Å². The second-order valence-electron chi connectivity index (χ2n) is 2.78.